The summed E-state index contributed by atoms with van der Waals surface area (Å²) in [6.07, 6.45) is 3.53. The number of hydrogen-bond acceptors (Lipinski definition) is 4. The van der Waals surface area contributed by atoms with Crippen LogP contribution >= 0.6 is 0 Å². The maximum Gasteiger partial charge on any atom is 0.154 e. The van der Waals surface area contributed by atoms with Crippen LogP contribution in [-0.4, -0.2) is 21.6 Å². The van der Waals surface area contributed by atoms with Gasteiger partial charge in [-0.3, -0.25) is 0 Å². The van der Waals surface area contributed by atoms with Gasteiger partial charge in [-0.2, -0.15) is 0 Å². The van der Waals surface area contributed by atoms with Crippen molar-refractivity contribution in [3.8, 4) is 33.4 Å². The fraction of sp³-hybridized carbons (Fsp3) is 0. The largest absolute Gasteiger partial charge is 0.339 e. The third-order valence-electron chi connectivity index (χ3n) is 9.57. The van der Waals surface area contributed by atoms with Crippen LogP contribution in [0.5, 0.6) is 0 Å². The predicted octanol–water partition coefficient (Wildman–Crippen LogP) is 10.8. The van der Waals surface area contributed by atoms with E-state index in [4.69, 9.17) is 9.98 Å². The first-order valence-corrected chi connectivity index (χ1v) is 16.6. The molecule has 4 heterocycles. The van der Waals surface area contributed by atoms with E-state index in [2.05, 4.69) is 130 Å². The summed E-state index contributed by atoms with van der Waals surface area (Å²) in [6.45, 7) is 0. The van der Waals surface area contributed by atoms with E-state index in [0.717, 1.165) is 34.2 Å². The van der Waals surface area contributed by atoms with Crippen molar-refractivity contribution in [1.29, 1.82) is 0 Å². The third-order valence-corrected chi connectivity index (χ3v) is 9.57. The van der Waals surface area contributed by atoms with Gasteiger partial charge in [-0.15, -0.1) is 0 Å². The summed E-state index contributed by atoms with van der Waals surface area (Å²) < 4.78 is 0. The Bertz CT molecular complexity index is 2470. The third kappa shape index (κ3) is 4.65. The summed E-state index contributed by atoms with van der Waals surface area (Å²) in [7, 11) is 0. The quantitative estimate of drug-likeness (QED) is 0.196. The average molecular weight is 641 g/mol. The lowest BCUT2D eigenvalue weighted by Crippen LogP contribution is -2.06. The molecule has 0 spiro atoms. The van der Waals surface area contributed by atoms with Gasteiger partial charge in [-0.1, -0.05) is 109 Å². The molecule has 0 bridgehead atoms. The van der Waals surface area contributed by atoms with Crippen LogP contribution in [0.1, 0.15) is 11.1 Å². The van der Waals surface area contributed by atoms with Crippen LogP contribution in [0.3, 0.4) is 0 Å². The molecule has 8 aromatic rings. The summed E-state index contributed by atoms with van der Waals surface area (Å²) in [5.41, 5.74) is 11.4. The maximum absolute atomic E-state index is 4.80. The number of aromatic nitrogens is 2. The van der Waals surface area contributed by atoms with Gasteiger partial charge in [0.05, 0.1) is 0 Å². The van der Waals surface area contributed by atoms with E-state index in [1.54, 1.807) is 12.4 Å². The van der Waals surface area contributed by atoms with Crippen LogP contribution < -0.4 is 10.6 Å². The predicted molar refractivity (Wildman–Crippen MR) is 206 cm³/mol. The molecule has 6 heteroatoms. The van der Waals surface area contributed by atoms with E-state index in [-0.39, 0.29) is 0 Å². The van der Waals surface area contributed by atoms with Crippen LogP contribution in [0.15, 0.2) is 168 Å². The van der Waals surface area contributed by atoms with Crippen molar-refractivity contribution in [2.45, 2.75) is 0 Å². The number of rotatable bonds is 5. The van der Waals surface area contributed by atoms with Gasteiger partial charge in [-0.25, -0.2) is 20.0 Å². The number of hydrogen-bond donors (Lipinski definition) is 2. The lowest BCUT2D eigenvalue weighted by Gasteiger charge is -2.11. The number of anilines is 2. The molecule has 234 valence electrons. The van der Waals surface area contributed by atoms with Crippen molar-refractivity contribution in [2.24, 2.45) is 9.98 Å². The fourth-order valence-corrected chi connectivity index (χ4v) is 7.24. The first-order chi connectivity index (χ1) is 24.8. The van der Waals surface area contributed by atoms with E-state index < -0.39 is 0 Å². The molecule has 0 unspecified atom stereocenters. The lowest BCUT2D eigenvalue weighted by atomic mass is 9.93. The zero-order valence-corrected chi connectivity index (χ0v) is 26.8. The molecule has 2 aromatic heterocycles. The summed E-state index contributed by atoms with van der Waals surface area (Å²) >= 11 is 0. The minimum absolute atomic E-state index is 0.687. The van der Waals surface area contributed by atoms with Crippen LogP contribution in [0.25, 0.3) is 54.9 Å². The van der Waals surface area contributed by atoms with Crippen LogP contribution in [0, 0.1) is 0 Å². The number of nitrogens with one attached hydrogen (secondary N) is 2. The molecular formula is C44H28N6. The van der Waals surface area contributed by atoms with E-state index in [9.17, 15) is 0 Å². The fourth-order valence-electron chi connectivity index (χ4n) is 7.24. The van der Waals surface area contributed by atoms with Crippen molar-refractivity contribution in [3.05, 3.63) is 169 Å². The molecule has 2 N–H and O–H groups in total. The van der Waals surface area contributed by atoms with Gasteiger partial charge in [-0.05, 0) is 80.6 Å². The van der Waals surface area contributed by atoms with Crippen LogP contribution in [0.2, 0.25) is 0 Å². The molecule has 0 saturated carbocycles. The Kier molecular flexibility index (Phi) is 6.39. The zero-order valence-electron chi connectivity index (χ0n) is 26.8. The molecule has 0 amide bonds. The van der Waals surface area contributed by atoms with Crippen LogP contribution in [-0.2, 0) is 0 Å². The van der Waals surface area contributed by atoms with Gasteiger partial charge in [0.2, 0.25) is 0 Å². The molecule has 0 fully saturated rings. The van der Waals surface area contributed by atoms with Gasteiger partial charge >= 0.3 is 0 Å². The van der Waals surface area contributed by atoms with Crippen molar-refractivity contribution in [2.75, 3.05) is 10.6 Å². The minimum atomic E-state index is 0.687. The summed E-state index contributed by atoms with van der Waals surface area (Å²) in [6, 6.07) is 50.8. The highest BCUT2D eigenvalue weighted by molar-refractivity contribution is 6.29. The molecule has 0 radical (unpaired) electrons. The van der Waals surface area contributed by atoms with E-state index in [0.29, 0.717) is 11.6 Å². The van der Waals surface area contributed by atoms with Gasteiger partial charge in [0, 0.05) is 45.7 Å². The smallest absolute Gasteiger partial charge is 0.154 e. The molecule has 50 heavy (non-hydrogen) atoms. The normalized spacial score (nSPS) is 14.4. The molecule has 2 aliphatic heterocycles. The Morgan fingerprint density at radius 2 is 0.800 bits per heavy atom. The highest BCUT2D eigenvalue weighted by Gasteiger charge is 2.23. The van der Waals surface area contributed by atoms with Gasteiger partial charge in [0.1, 0.15) is 11.7 Å². The van der Waals surface area contributed by atoms with Gasteiger partial charge in [0.25, 0.3) is 0 Å². The molecule has 2 aliphatic rings. The van der Waals surface area contributed by atoms with Crippen molar-refractivity contribution in [1.82, 2.24) is 9.97 Å². The second-order valence-corrected chi connectivity index (χ2v) is 12.5. The first-order valence-electron chi connectivity index (χ1n) is 16.6. The summed E-state index contributed by atoms with van der Waals surface area (Å²) in [5, 5.41) is 11.8. The monoisotopic (exact) mass is 640 g/mol. The molecular weight excluding hydrogens is 613 g/mol. The van der Waals surface area contributed by atoms with Crippen molar-refractivity contribution >= 4 is 56.2 Å². The zero-order chi connectivity index (χ0) is 33.0. The maximum atomic E-state index is 4.80. The van der Waals surface area contributed by atoms with Crippen LogP contribution in [0.4, 0.5) is 23.0 Å². The summed E-state index contributed by atoms with van der Waals surface area (Å²) in [5.74, 6) is 3.03. The lowest BCUT2D eigenvalue weighted by molar-refractivity contribution is 1.27. The Labute approximate surface area is 288 Å². The summed E-state index contributed by atoms with van der Waals surface area (Å²) in [4.78, 5) is 18.4. The second-order valence-electron chi connectivity index (χ2n) is 12.5. The first kappa shape index (κ1) is 28.1. The van der Waals surface area contributed by atoms with Crippen molar-refractivity contribution in [3.63, 3.8) is 0 Å². The molecule has 6 nitrogen and oxygen atoms in total. The number of nitrogens with zero attached hydrogens (tertiary/aromatic N) is 4. The highest BCUT2D eigenvalue weighted by Crippen LogP contribution is 2.42. The highest BCUT2D eigenvalue weighted by atomic mass is 15.1. The number of amidine groups is 2. The van der Waals surface area contributed by atoms with E-state index in [1.807, 2.05) is 36.4 Å². The number of aliphatic imine (C=N–C) groups is 2. The molecule has 0 aliphatic carbocycles. The SMILES string of the molecule is c1ccc(/N=C2\Nc3ccc(-c4ccc(-c5ccc(-c6ccc7c8c(cccc68)/C(=N/c6ccccn6)N7)cc5)cc4)c4cccc2c34)nc1. The topological polar surface area (TPSA) is 74.6 Å². The standard InChI is InChI=1S/C44H28N6/c1-3-25-45-39(11-1)49-43-35-9-5-7-33-31(21-23-37(47-43)41(33)35)29-17-13-27(14-18-29)28-15-19-30(20-16-28)32-22-24-38-42-34(32)8-6-10-36(42)44(48-38)50-40-12-2-4-26-46-40/h1-26H,(H,45,47,49)(H,46,48,50). The Hall–Kier alpha value is -6.92. The Balaban J connectivity index is 0.947. The molecule has 10 rings (SSSR count). The van der Waals surface area contributed by atoms with Crippen molar-refractivity contribution < 1.29 is 0 Å². The van der Waals surface area contributed by atoms with E-state index in [1.165, 1.54) is 54.9 Å². The Morgan fingerprint density at radius 3 is 1.22 bits per heavy atom. The second kappa shape index (κ2) is 11.4. The molecule has 0 atom stereocenters. The molecule has 6 aromatic carbocycles. The number of pyridine rings is 2. The number of benzene rings is 6. The van der Waals surface area contributed by atoms with Gasteiger partial charge < -0.3 is 10.6 Å². The molecule has 0 saturated heterocycles. The van der Waals surface area contributed by atoms with Gasteiger partial charge in [0.15, 0.2) is 11.6 Å². The average Bonchev–Trinajstić information content (AvgIpc) is 3.72. The van der Waals surface area contributed by atoms with E-state index >= 15 is 0 Å². The minimum Gasteiger partial charge on any atom is -0.339 e. The Morgan fingerprint density at radius 1 is 0.360 bits per heavy atom.